The first-order chi connectivity index (χ1) is 10.3. The molecule has 114 valence electrons. The molecule has 1 aromatic heterocycles. The van der Waals surface area contributed by atoms with Crippen LogP contribution in [-0.4, -0.2) is 17.0 Å². The molecule has 1 N–H and O–H groups in total. The maximum atomic E-state index is 4.40. The predicted octanol–water partition coefficient (Wildman–Crippen LogP) is 4.64. The minimum Gasteiger partial charge on any atom is -0.313 e. The fraction of sp³-hybridized carbons (Fsp3) is 0.556. The highest BCUT2D eigenvalue weighted by Gasteiger charge is 2.09. The number of nitrogens with zero attached hydrogens (tertiary/aromatic N) is 2. The zero-order chi connectivity index (χ0) is 14.9. The van der Waals surface area contributed by atoms with Crippen LogP contribution in [0.15, 0.2) is 30.6 Å². The SMILES string of the molecule is CCCCCCCCC(NC)c1ccc2nccnc2c1. The molecule has 1 atom stereocenters. The first kappa shape index (κ1) is 15.9. The first-order valence-electron chi connectivity index (χ1n) is 8.23. The Hall–Kier alpha value is -1.48. The van der Waals surface area contributed by atoms with E-state index in [2.05, 4.69) is 40.4 Å². The Kier molecular flexibility index (Phi) is 6.61. The molecular formula is C18H27N3. The summed E-state index contributed by atoms with van der Waals surface area (Å²) in [6, 6.07) is 6.83. The number of nitrogens with one attached hydrogen (secondary N) is 1. The van der Waals surface area contributed by atoms with Crippen molar-refractivity contribution < 1.29 is 0 Å². The van der Waals surface area contributed by atoms with Crippen LogP contribution in [-0.2, 0) is 0 Å². The molecule has 2 aromatic rings. The minimum absolute atomic E-state index is 0.419. The van der Waals surface area contributed by atoms with Crippen LogP contribution in [0.25, 0.3) is 11.0 Å². The summed E-state index contributed by atoms with van der Waals surface area (Å²) in [5.74, 6) is 0. The molecule has 0 aliphatic carbocycles. The summed E-state index contributed by atoms with van der Waals surface area (Å²) >= 11 is 0. The summed E-state index contributed by atoms with van der Waals surface area (Å²) in [4.78, 5) is 8.73. The quantitative estimate of drug-likeness (QED) is 0.682. The van der Waals surface area contributed by atoms with Gasteiger partial charge in [-0.1, -0.05) is 51.5 Å². The number of hydrogen-bond donors (Lipinski definition) is 1. The van der Waals surface area contributed by atoms with Crippen molar-refractivity contribution in [2.45, 2.75) is 57.9 Å². The molecule has 0 aliphatic rings. The van der Waals surface area contributed by atoms with Crippen molar-refractivity contribution >= 4 is 11.0 Å². The smallest absolute Gasteiger partial charge is 0.0890 e. The molecule has 3 heteroatoms. The van der Waals surface area contributed by atoms with Crippen molar-refractivity contribution in [3.8, 4) is 0 Å². The zero-order valence-electron chi connectivity index (χ0n) is 13.3. The lowest BCUT2D eigenvalue weighted by Crippen LogP contribution is -2.16. The standard InChI is InChI=1S/C18H27N3/c1-3-4-5-6-7-8-9-16(19-2)15-10-11-17-18(14-15)21-13-12-20-17/h10-14,16,19H,3-9H2,1-2H3. The molecule has 0 fully saturated rings. The van der Waals surface area contributed by atoms with Crippen LogP contribution in [0, 0.1) is 0 Å². The molecule has 0 aliphatic heterocycles. The van der Waals surface area contributed by atoms with E-state index >= 15 is 0 Å². The summed E-state index contributed by atoms with van der Waals surface area (Å²) in [5.41, 5.74) is 3.27. The zero-order valence-corrected chi connectivity index (χ0v) is 13.3. The Morgan fingerprint density at radius 3 is 2.43 bits per heavy atom. The van der Waals surface area contributed by atoms with E-state index in [1.54, 1.807) is 12.4 Å². The molecule has 0 spiro atoms. The second kappa shape index (κ2) is 8.73. The van der Waals surface area contributed by atoms with Crippen molar-refractivity contribution in [1.29, 1.82) is 0 Å². The van der Waals surface area contributed by atoms with E-state index < -0.39 is 0 Å². The van der Waals surface area contributed by atoms with Gasteiger partial charge in [-0.3, -0.25) is 9.97 Å². The summed E-state index contributed by atoms with van der Waals surface area (Å²) in [6.07, 6.45) is 12.8. The Labute approximate surface area is 128 Å². The van der Waals surface area contributed by atoms with E-state index in [1.165, 1.54) is 50.5 Å². The van der Waals surface area contributed by atoms with Gasteiger partial charge < -0.3 is 5.32 Å². The van der Waals surface area contributed by atoms with Crippen molar-refractivity contribution in [3.05, 3.63) is 36.2 Å². The highest BCUT2D eigenvalue weighted by Crippen LogP contribution is 2.22. The van der Waals surface area contributed by atoms with Crippen LogP contribution in [0.4, 0.5) is 0 Å². The third-order valence-electron chi connectivity index (χ3n) is 4.09. The predicted molar refractivity (Wildman–Crippen MR) is 89.3 cm³/mol. The van der Waals surface area contributed by atoms with Crippen LogP contribution < -0.4 is 5.32 Å². The average Bonchev–Trinajstić information content (AvgIpc) is 2.54. The third kappa shape index (κ3) is 4.78. The van der Waals surface area contributed by atoms with Crippen LogP contribution >= 0.6 is 0 Å². The van der Waals surface area contributed by atoms with E-state index in [0.717, 1.165) is 11.0 Å². The summed E-state index contributed by atoms with van der Waals surface area (Å²) in [5, 5.41) is 3.44. The Bertz CT molecular complexity index is 539. The molecule has 1 heterocycles. The maximum absolute atomic E-state index is 4.40. The van der Waals surface area contributed by atoms with Gasteiger partial charge in [-0.15, -0.1) is 0 Å². The van der Waals surface area contributed by atoms with Crippen molar-refractivity contribution in [3.63, 3.8) is 0 Å². The fourth-order valence-corrected chi connectivity index (χ4v) is 2.80. The number of rotatable bonds is 9. The molecule has 1 aromatic carbocycles. The molecular weight excluding hydrogens is 258 g/mol. The lowest BCUT2D eigenvalue weighted by atomic mass is 9.99. The first-order valence-corrected chi connectivity index (χ1v) is 8.23. The van der Waals surface area contributed by atoms with E-state index in [0.29, 0.717) is 6.04 Å². The second-order valence-electron chi connectivity index (χ2n) is 5.70. The molecule has 3 nitrogen and oxygen atoms in total. The lowest BCUT2D eigenvalue weighted by molar-refractivity contribution is 0.498. The van der Waals surface area contributed by atoms with Crippen molar-refractivity contribution in [2.75, 3.05) is 7.05 Å². The number of fused-ring (bicyclic) bond motifs is 1. The molecule has 2 rings (SSSR count). The monoisotopic (exact) mass is 285 g/mol. The third-order valence-corrected chi connectivity index (χ3v) is 4.09. The molecule has 0 radical (unpaired) electrons. The van der Waals surface area contributed by atoms with Gasteiger partial charge in [-0.05, 0) is 31.2 Å². The van der Waals surface area contributed by atoms with Gasteiger partial charge in [0.2, 0.25) is 0 Å². The topological polar surface area (TPSA) is 37.8 Å². The molecule has 0 saturated carbocycles. The van der Waals surface area contributed by atoms with Crippen LogP contribution in [0.2, 0.25) is 0 Å². The number of unbranched alkanes of at least 4 members (excludes halogenated alkanes) is 5. The molecule has 0 amide bonds. The van der Waals surface area contributed by atoms with Gasteiger partial charge >= 0.3 is 0 Å². The van der Waals surface area contributed by atoms with Gasteiger partial charge in [-0.25, -0.2) is 0 Å². The molecule has 1 unspecified atom stereocenters. The summed E-state index contributed by atoms with van der Waals surface area (Å²) < 4.78 is 0. The highest BCUT2D eigenvalue weighted by molar-refractivity contribution is 5.74. The van der Waals surface area contributed by atoms with Gasteiger partial charge in [0.15, 0.2) is 0 Å². The Morgan fingerprint density at radius 1 is 0.952 bits per heavy atom. The van der Waals surface area contributed by atoms with Crippen LogP contribution in [0.1, 0.15) is 63.5 Å². The average molecular weight is 285 g/mol. The molecule has 21 heavy (non-hydrogen) atoms. The second-order valence-corrected chi connectivity index (χ2v) is 5.70. The van der Waals surface area contributed by atoms with Crippen LogP contribution in [0.3, 0.4) is 0 Å². The summed E-state index contributed by atoms with van der Waals surface area (Å²) in [6.45, 7) is 2.26. The Morgan fingerprint density at radius 2 is 1.67 bits per heavy atom. The number of benzene rings is 1. The number of hydrogen-bond acceptors (Lipinski definition) is 3. The minimum atomic E-state index is 0.419. The van der Waals surface area contributed by atoms with Crippen molar-refractivity contribution in [2.24, 2.45) is 0 Å². The van der Waals surface area contributed by atoms with Gasteiger partial charge in [-0.2, -0.15) is 0 Å². The highest BCUT2D eigenvalue weighted by atomic mass is 14.9. The Balaban J connectivity index is 1.89. The summed E-state index contributed by atoms with van der Waals surface area (Å²) in [7, 11) is 2.04. The van der Waals surface area contributed by atoms with E-state index in [9.17, 15) is 0 Å². The van der Waals surface area contributed by atoms with E-state index in [4.69, 9.17) is 0 Å². The van der Waals surface area contributed by atoms with Gasteiger partial charge in [0.1, 0.15) is 0 Å². The largest absolute Gasteiger partial charge is 0.313 e. The fourth-order valence-electron chi connectivity index (χ4n) is 2.80. The number of aromatic nitrogens is 2. The van der Waals surface area contributed by atoms with E-state index in [1.807, 2.05) is 7.05 Å². The van der Waals surface area contributed by atoms with Gasteiger partial charge in [0.05, 0.1) is 11.0 Å². The van der Waals surface area contributed by atoms with Gasteiger partial charge in [0.25, 0.3) is 0 Å². The van der Waals surface area contributed by atoms with Crippen molar-refractivity contribution in [1.82, 2.24) is 15.3 Å². The maximum Gasteiger partial charge on any atom is 0.0890 e. The normalized spacial score (nSPS) is 12.7. The van der Waals surface area contributed by atoms with E-state index in [-0.39, 0.29) is 0 Å². The molecule has 0 saturated heterocycles. The molecule has 0 bridgehead atoms. The van der Waals surface area contributed by atoms with Crippen LogP contribution in [0.5, 0.6) is 0 Å². The lowest BCUT2D eigenvalue weighted by Gasteiger charge is -2.17. The van der Waals surface area contributed by atoms with Gasteiger partial charge in [0, 0.05) is 18.4 Å².